The van der Waals surface area contributed by atoms with E-state index in [9.17, 15) is 0 Å². The summed E-state index contributed by atoms with van der Waals surface area (Å²) < 4.78 is 1.84. The van der Waals surface area contributed by atoms with Crippen molar-refractivity contribution < 1.29 is 0 Å². The Bertz CT molecular complexity index is 909. The van der Waals surface area contributed by atoms with Crippen LogP contribution in [0.5, 0.6) is 0 Å². The fourth-order valence-electron chi connectivity index (χ4n) is 2.62. The molecule has 1 aromatic heterocycles. The van der Waals surface area contributed by atoms with Gasteiger partial charge in [-0.05, 0) is 67.0 Å². The number of rotatable bonds is 3. The van der Waals surface area contributed by atoms with E-state index in [1.165, 1.54) is 0 Å². The third kappa shape index (κ3) is 3.51. The van der Waals surface area contributed by atoms with Gasteiger partial charge < -0.3 is 0 Å². The fourth-order valence-corrected chi connectivity index (χ4v) is 3.24. The van der Waals surface area contributed by atoms with Gasteiger partial charge in [0.05, 0.1) is 22.6 Å². The van der Waals surface area contributed by atoms with Crippen molar-refractivity contribution in [1.29, 1.82) is 0 Å². The van der Waals surface area contributed by atoms with E-state index in [1.807, 2.05) is 54.2 Å². The van der Waals surface area contributed by atoms with E-state index < -0.39 is 0 Å². The maximum absolute atomic E-state index is 6.35. The largest absolute Gasteiger partial charge is 0.232 e. The topological polar surface area (TPSA) is 17.8 Å². The molecule has 0 radical (unpaired) electrons. The molecule has 0 aliphatic rings. The van der Waals surface area contributed by atoms with Crippen molar-refractivity contribution >= 4 is 46.5 Å². The van der Waals surface area contributed by atoms with Crippen LogP contribution in [0, 0.1) is 6.92 Å². The number of allylic oxidation sites excluding steroid dienone is 1. The molecule has 5 heteroatoms. The number of halogens is 3. The first kappa shape index (κ1) is 17.1. The van der Waals surface area contributed by atoms with Crippen molar-refractivity contribution in [2.24, 2.45) is 0 Å². The first-order chi connectivity index (χ1) is 11.5. The summed E-state index contributed by atoms with van der Waals surface area (Å²) in [5.74, 6) is 0. The molecule has 0 fully saturated rings. The van der Waals surface area contributed by atoms with Crippen LogP contribution >= 0.6 is 34.8 Å². The van der Waals surface area contributed by atoms with Crippen molar-refractivity contribution in [3.05, 3.63) is 80.6 Å². The Morgan fingerprint density at radius 1 is 1.00 bits per heavy atom. The van der Waals surface area contributed by atoms with Crippen LogP contribution in [0.4, 0.5) is 0 Å². The summed E-state index contributed by atoms with van der Waals surface area (Å²) in [5.41, 5.74) is 5.04. The smallest absolute Gasteiger partial charge is 0.0840 e. The van der Waals surface area contributed by atoms with Gasteiger partial charge in [-0.2, -0.15) is 5.10 Å². The van der Waals surface area contributed by atoms with Crippen molar-refractivity contribution in [1.82, 2.24) is 9.78 Å². The quantitative estimate of drug-likeness (QED) is 0.496. The molecule has 2 nitrogen and oxygen atoms in total. The maximum atomic E-state index is 6.35. The summed E-state index contributed by atoms with van der Waals surface area (Å²) in [5, 5.41) is 6.36. The average Bonchev–Trinajstić information content (AvgIpc) is 2.91. The first-order valence-electron chi connectivity index (χ1n) is 7.40. The van der Waals surface area contributed by atoms with Crippen LogP contribution < -0.4 is 0 Å². The lowest BCUT2D eigenvalue weighted by Gasteiger charge is -2.11. The lowest BCUT2D eigenvalue weighted by atomic mass is 10.1. The summed E-state index contributed by atoms with van der Waals surface area (Å²) in [6.45, 7) is 4.08. The normalized spacial score (nSPS) is 11.8. The number of hydrogen-bond donors (Lipinski definition) is 0. The molecule has 0 amide bonds. The number of benzene rings is 2. The predicted octanol–water partition coefficient (Wildman–Crippen LogP) is 6.70. The molecule has 3 rings (SSSR count). The maximum Gasteiger partial charge on any atom is 0.0840 e. The summed E-state index contributed by atoms with van der Waals surface area (Å²) in [4.78, 5) is 0. The molecule has 0 unspecified atom stereocenters. The molecule has 0 spiro atoms. The molecular weight excluding hydrogens is 363 g/mol. The highest BCUT2D eigenvalue weighted by molar-refractivity contribution is 6.35. The van der Waals surface area contributed by atoms with Gasteiger partial charge in [-0.25, -0.2) is 4.68 Å². The Morgan fingerprint density at radius 2 is 1.67 bits per heavy atom. The van der Waals surface area contributed by atoms with Crippen LogP contribution in [0.3, 0.4) is 0 Å². The van der Waals surface area contributed by atoms with Crippen molar-refractivity contribution in [3.63, 3.8) is 0 Å². The molecule has 0 aliphatic heterocycles. The summed E-state index contributed by atoms with van der Waals surface area (Å²) in [6.07, 6.45) is 3.93. The van der Waals surface area contributed by atoms with Crippen LogP contribution in [-0.2, 0) is 0 Å². The van der Waals surface area contributed by atoms with E-state index in [2.05, 4.69) is 18.1 Å². The zero-order chi connectivity index (χ0) is 17.3. The van der Waals surface area contributed by atoms with E-state index in [0.29, 0.717) is 10.0 Å². The Morgan fingerprint density at radius 3 is 2.33 bits per heavy atom. The Labute approximate surface area is 156 Å². The Kier molecular flexibility index (Phi) is 5.00. The number of aryl methyl sites for hydroxylation is 1. The van der Waals surface area contributed by atoms with Crippen LogP contribution in [0.25, 0.3) is 17.3 Å². The zero-order valence-electron chi connectivity index (χ0n) is 13.2. The number of nitrogens with zero attached hydrogens (tertiary/aromatic N) is 2. The minimum Gasteiger partial charge on any atom is -0.232 e. The van der Waals surface area contributed by atoms with E-state index in [0.717, 1.165) is 33.1 Å². The van der Waals surface area contributed by atoms with Gasteiger partial charge in [-0.1, -0.05) is 46.9 Å². The van der Waals surface area contributed by atoms with Crippen LogP contribution in [-0.4, -0.2) is 9.78 Å². The van der Waals surface area contributed by atoms with Gasteiger partial charge in [0.25, 0.3) is 0 Å². The van der Waals surface area contributed by atoms with Gasteiger partial charge in [0.15, 0.2) is 0 Å². The lowest BCUT2D eigenvalue weighted by molar-refractivity contribution is 0.866. The van der Waals surface area contributed by atoms with E-state index in [-0.39, 0.29) is 0 Å². The minimum absolute atomic E-state index is 0.561. The second-order valence-corrected chi connectivity index (χ2v) is 6.84. The molecule has 0 bridgehead atoms. The van der Waals surface area contributed by atoms with Gasteiger partial charge in [-0.15, -0.1) is 0 Å². The molecule has 24 heavy (non-hydrogen) atoms. The molecule has 122 valence electrons. The second kappa shape index (κ2) is 7.02. The molecule has 0 aliphatic carbocycles. The van der Waals surface area contributed by atoms with Gasteiger partial charge in [0.2, 0.25) is 0 Å². The highest BCUT2D eigenvalue weighted by atomic mass is 35.5. The molecule has 0 saturated heterocycles. The van der Waals surface area contributed by atoms with Crippen molar-refractivity contribution in [2.45, 2.75) is 13.8 Å². The highest BCUT2D eigenvalue weighted by Crippen LogP contribution is 2.29. The monoisotopic (exact) mass is 376 g/mol. The van der Waals surface area contributed by atoms with Gasteiger partial charge >= 0.3 is 0 Å². The van der Waals surface area contributed by atoms with Crippen LogP contribution in [0.1, 0.15) is 23.7 Å². The molecule has 1 heterocycles. The van der Waals surface area contributed by atoms with Gasteiger partial charge in [0.1, 0.15) is 0 Å². The summed E-state index contributed by atoms with van der Waals surface area (Å²) in [6, 6.07) is 13.1. The highest BCUT2D eigenvalue weighted by Gasteiger charge is 2.14. The molecule has 2 aromatic carbocycles. The van der Waals surface area contributed by atoms with Gasteiger partial charge in [-0.3, -0.25) is 0 Å². The molecule has 0 N–H and O–H groups in total. The molecule has 0 saturated carbocycles. The third-order valence-electron chi connectivity index (χ3n) is 3.72. The SMILES string of the molecule is CC(=Cc1ccc(Cl)cc1)c1c(C)cnn1-c1ccc(Cl)cc1Cl. The average molecular weight is 378 g/mol. The Balaban J connectivity index is 2.08. The number of hydrogen-bond acceptors (Lipinski definition) is 1. The third-order valence-corrected chi connectivity index (χ3v) is 4.51. The van der Waals surface area contributed by atoms with E-state index in [1.54, 1.807) is 6.07 Å². The fraction of sp³-hybridized carbons (Fsp3) is 0.105. The number of aromatic nitrogens is 2. The molecular formula is C19H15Cl3N2. The first-order valence-corrected chi connectivity index (χ1v) is 8.53. The van der Waals surface area contributed by atoms with Crippen molar-refractivity contribution in [3.8, 4) is 5.69 Å². The molecule has 3 aromatic rings. The van der Waals surface area contributed by atoms with Crippen LogP contribution in [0.15, 0.2) is 48.7 Å². The minimum atomic E-state index is 0.561. The van der Waals surface area contributed by atoms with Gasteiger partial charge in [0, 0.05) is 10.0 Å². The standard InChI is InChI=1S/C19H15Cl3N2/c1-12(9-14-3-5-15(20)6-4-14)19-13(2)11-23-24(19)18-8-7-16(21)10-17(18)22/h3-11H,1-2H3. The predicted molar refractivity (Wildman–Crippen MR) is 103 cm³/mol. The summed E-state index contributed by atoms with van der Waals surface area (Å²) in [7, 11) is 0. The second-order valence-electron chi connectivity index (χ2n) is 5.56. The van der Waals surface area contributed by atoms with Crippen molar-refractivity contribution in [2.75, 3.05) is 0 Å². The summed E-state index contributed by atoms with van der Waals surface area (Å²) >= 11 is 18.3. The van der Waals surface area contributed by atoms with E-state index >= 15 is 0 Å². The zero-order valence-corrected chi connectivity index (χ0v) is 15.5. The molecule has 0 atom stereocenters. The lowest BCUT2D eigenvalue weighted by Crippen LogP contribution is -2.02. The van der Waals surface area contributed by atoms with Crippen LogP contribution in [0.2, 0.25) is 15.1 Å². The van der Waals surface area contributed by atoms with E-state index in [4.69, 9.17) is 34.8 Å². The Hall–Kier alpha value is -1.74.